The van der Waals surface area contributed by atoms with Crippen molar-refractivity contribution < 1.29 is 18.3 Å². The van der Waals surface area contributed by atoms with E-state index in [1.165, 1.54) is 0 Å². The van der Waals surface area contributed by atoms with Crippen LogP contribution in [0.4, 0.5) is 13.2 Å². The highest BCUT2D eigenvalue weighted by Crippen LogP contribution is 2.24. The van der Waals surface area contributed by atoms with E-state index in [1.807, 2.05) is 0 Å². The molecule has 0 aliphatic rings. The van der Waals surface area contributed by atoms with Gasteiger partial charge in [0.25, 0.3) is 0 Å². The van der Waals surface area contributed by atoms with Crippen molar-refractivity contribution >= 4 is 0 Å². The maximum Gasteiger partial charge on any atom is 0.187 e. The van der Waals surface area contributed by atoms with Crippen LogP contribution in [0.1, 0.15) is 11.6 Å². The number of aromatic hydroxyl groups is 1. The molecule has 5 heteroatoms. The van der Waals surface area contributed by atoms with E-state index in [0.717, 1.165) is 12.1 Å². The number of halogens is 3. The van der Waals surface area contributed by atoms with Crippen molar-refractivity contribution in [1.29, 1.82) is 0 Å². The molecule has 0 saturated heterocycles. The van der Waals surface area contributed by atoms with Gasteiger partial charge in [-0.25, -0.2) is 13.2 Å². The van der Waals surface area contributed by atoms with Crippen LogP contribution in [-0.2, 0) is 0 Å². The molecule has 3 N–H and O–H groups in total. The average molecular weight is 191 g/mol. The Morgan fingerprint density at radius 3 is 2.15 bits per heavy atom. The standard InChI is InChI=1S/C8H8F3NO/c9-3-7(12)4-1-5(10)8(13)6(11)2-4/h1-2,7,13H,3,12H2/t7-/m0/s1. The van der Waals surface area contributed by atoms with Gasteiger partial charge in [0.1, 0.15) is 6.67 Å². The second-order valence-corrected chi connectivity index (χ2v) is 2.59. The number of rotatable bonds is 2. The van der Waals surface area contributed by atoms with E-state index in [2.05, 4.69) is 0 Å². The van der Waals surface area contributed by atoms with Gasteiger partial charge in [-0.3, -0.25) is 0 Å². The van der Waals surface area contributed by atoms with E-state index < -0.39 is 30.1 Å². The van der Waals surface area contributed by atoms with Gasteiger partial charge in [-0.15, -0.1) is 0 Å². The minimum Gasteiger partial charge on any atom is -0.503 e. The Morgan fingerprint density at radius 2 is 1.77 bits per heavy atom. The Morgan fingerprint density at radius 1 is 1.31 bits per heavy atom. The molecule has 0 radical (unpaired) electrons. The van der Waals surface area contributed by atoms with E-state index in [4.69, 9.17) is 10.8 Å². The number of hydrogen-bond donors (Lipinski definition) is 2. The summed E-state index contributed by atoms with van der Waals surface area (Å²) in [5.74, 6) is -3.35. The summed E-state index contributed by atoms with van der Waals surface area (Å²) in [5, 5.41) is 8.70. The molecule has 1 aromatic rings. The number of nitrogens with two attached hydrogens (primary N) is 1. The third-order valence-electron chi connectivity index (χ3n) is 1.63. The summed E-state index contributed by atoms with van der Waals surface area (Å²) >= 11 is 0. The largest absolute Gasteiger partial charge is 0.503 e. The summed E-state index contributed by atoms with van der Waals surface area (Å²) in [6.07, 6.45) is 0. The van der Waals surface area contributed by atoms with Crippen LogP contribution in [0, 0.1) is 11.6 Å². The van der Waals surface area contributed by atoms with Crippen LogP contribution in [-0.4, -0.2) is 11.8 Å². The zero-order chi connectivity index (χ0) is 10.0. The van der Waals surface area contributed by atoms with Crippen molar-refractivity contribution in [3.63, 3.8) is 0 Å². The highest BCUT2D eigenvalue weighted by atomic mass is 19.1. The maximum atomic E-state index is 12.7. The molecule has 72 valence electrons. The second kappa shape index (κ2) is 3.66. The fraction of sp³-hybridized carbons (Fsp3) is 0.250. The molecule has 0 bridgehead atoms. The van der Waals surface area contributed by atoms with Crippen LogP contribution in [0.2, 0.25) is 0 Å². The Balaban J connectivity index is 3.13. The van der Waals surface area contributed by atoms with Gasteiger partial charge in [-0.1, -0.05) is 0 Å². The summed E-state index contributed by atoms with van der Waals surface area (Å²) in [6, 6.07) is 0.551. The monoisotopic (exact) mass is 191 g/mol. The summed E-state index contributed by atoms with van der Waals surface area (Å²) in [4.78, 5) is 0. The molecule has 0 aromatic heterocycles. The molecular formula is C8H8F3NO. The first kappa shape index (κ1) is 9.85. The number of phenolic OH excluding ortho intramolecular Hbond substituents is 1. The van der Waals surface area contributed by atoms with Crippen molar-refractivity contribution in [2.75, 3.05) is 6.67 Å². The molecular weight excluding hydrogens is 183 g/mol. The second-order valence-electron chi connectivity index (χ2n) is 2.59. The molecule has 0 saturated carbocycles. The predicted octanol–water partition coefficient (Wildman–Crippen LogP) is 1.64. The van der Waals surface area contributed by atoms with Gasteiger partial charge in [-0.05, 0) is 17.7 Å². The Kier molecular flexibility index (Phi) is 2.77. The molecule has 1 atom stereocenters. The van der Waals surface area contributed by atoms with Crippen LogP contribution in [0.15, 0.2) is 12.1 Å². The number of phenols is 1. The van der Waals surface area contributed by atoms with Gasteiger partial charge >= 0.3 is 0 Å². The van der Waals surface area contributed by atoms with Crippen molar-refractivity contribution in [3.05, 3.63) is 29.3 Å². The lowest BCUT2D eigenvalue weighted by Gasteiger charge is -2.08. The Labute approximate surface area is 72.8 Å². The Hall–Kier alpha value is -1.23. The highest BCUT2D eigenvalue weighted by molar-refractivity contribution is 5.31. The zero-order valence-electron chi connectivity index (χ0n) is 6.60. The first-order valence-electron chi connectivity index (χ1n) is 3.55. The number of alkyl halides is 1. The lowest BCUT2D eigenvalue weighted by molar-refractivity contribution is 0.391. The van der Waals surface area contributed by atoms with E-state index >= 15 is 0 Å². The van der Waals surface area contributed by atoms with Crippen molar-refractivity contribution in [2.45, 2.75) is 6.04 Å². The van der Waals surface area contributed by atoms with Gasteiger partial charge in [0.15, 0.2) is 17.4 Å². The van der Waals surface area contributed by atoms with E-state index in [9.17, 15) is 13.2 Å². The molecule has 1 aromatic carbocycles. The van der Waals surface area contributed by atoms with Gasteiger partial charge in [0, 0.05) is 0 Å². The van der Waals surface area contributed by atoms with E-state index in [0.29, 0.717) is 0 Å². The predicted molar refractivity (Wildman–Crippen MR) is 40.9 cm³/mol. The average Bonchev–Trinajstić information content (AvgIpc) is 2.12. The van der Waals surface area contributed by atoms with Gasteiger partial charge in [0.2, 0.25) is 0 Å². The van der Waals surface area contributed by atoms with Crippen molar-refractivity contribution in [3.8, 4) is 5.75 Å². The zero-order valence-corrected chi connectivity index (χ0v) is 6.60. The molecule has 1 rings (SSSR count). The molecule has 0 spiro atoms. The Bertz CT molecular complexity index is 293. The number of benzene rings is 1. The van der Waals surface area contributed by atoms with Crippen molar-refractivity contribution in [1.82, 2.24) is 0 Å². The van der Waals surface area contributed by atoms with E-state index in [-0.39, 0.29) is 5.56 Å². The smallest absolute Gasteiger partial charge is 0.187 e. The summed E-state index contributed by atoms with van der Waals surface area (Å²) < 4.78 is 37.3. The molecule has 0 fully saturated rings. The highest BCUT2D eigenvalue weighted by Gasteiger charge is 2.13. The summed E-state index contributed by atoms with van der Waals surface area (Å²) in [7, 11) is 0. The quantitative estimate of drug-likeness (QED) is 0.746. The minimum absolute atomic E-state index is 0.0182. The molecule has 0 unspecified atom stereocenters. The van der Waals surface area contributed by atoms with Gasteiger partial charge in [-0.2, -0.15) is 0 Å². The number of hydrogen-bond acceptors (Lipinski definition) is 2. The lowest BCUT2D eigenvalue weighted by atomic mass is 10.1. The van der Waals surface area contributed by atoms with Crippen LogP contribution < -0.4 is 5.73 Å². The van der Waals surface area contributed by atoms with Gasteiger partial charge < -0.3 is 10.8 Å². The summed E-state index contributed by atoms with van der Waals surface area (Å²) in [5.41, 5.74) is 5.17. The van der Waals surface area contributed by atoms with Crippen LogP contribution >= 0.6 is 0 Å². The summed E-state index contributed by atoms with van der Waals surface area (Å²) in [6.45, 7) is -0.913. The van der Waals surface area contributed by atoms with Crippen LogP contribution in [0.25, 0.3) is 0 Å². The topological polar surface area (TPSA) is 46.2 Å². The van der Waals surface area contributed by atoms with Gasteiger partial charge in [0.05, 0.1) is 6.04 Å². The van der Waals surface area contributed by atoms with Crippen LogP contribution in [0.5, 0.6) is 5.75 Å². The molecule has 13 heavy (non-hydrogen) atoms. The molecule has 2 nitrogen and oxygen atoms in total. The molecule has 0 amide bonds. The fourth-order valence-electron chi connectivity index (χ4n) is 0.888. The molecule has 0 aliphatic carbocycles. The first-order chi connectivity index (χ1) is 6.06. The molecule has 0 aliphatic heterocycles. The molecule has 0 heterocycles. The lowest BCUT2D eigenvalue weighted by Crippen LogP contribution is -2.12. The third kappa shape index (κ3) is 1.92. The van der Waals surface area contributed by atoms with Crippen LogP contribution in [0.3, 0.4) is 0 Å². The maximum absolute atomic E-state index is 12.7. The SMILES string of the molecule is N[C@@H](CF)c1cc(F)c(O)c(F)c1. The fourth-order valence-corrected chi connectivity index (χ4v) is 0.888. The first-order valence-corrected chi connectivity index (χ1v) is 3.55. The van der Waals surface area contributed by atoms with E-state index in [1.54, 1.807) is 0 Å². The van der Waals surface area contributed by atoms with Crippen molar-refractivity contribution in [2.24, 2.45) is 5.73 Å². The normalized spacial score (nSPS) is 12.9. The third-order valence-corrected chi connectivity index (χ3v) is 1.63. The minimum atomic E-state index is -1.14.